The zero-order chi connectivity index (χ0) is 8.10. The maximum absolute atomic E-state index is 5.83. The highest BCUT2D eigenvalue weighted by molar-refractivity contribution is 7.98. The van der Waals surface area contributed by atoms with Crippen molar-refractivity contribution in [3.63, 3.8) is 0 Å². The topological polar surface area (TPSA) is 38.9 Å². The molecule has 0 spiro atoms. The van der Waals surface area contributed by atoms with Crippen molar-refractivity contribution in [2.75, 3.05) is 12.0 Å². The minimum absolute atomic E-state index is 0.283. The van der Waals surface area contributed by atoms with Gasteiger partial charge in [-0.05, 0) is 12.7 Å². The lowest BCUT2D eigenvalue weighted by atomic mass is 10.2. The van der Waals surface area contributed by atoms with Crippen molar-refractivity contribution in [3.8, 4) is 0 Å². The minimum atomic E-state index is 0.283. The molecule has 11 heavy (non-hydrogen) atoms. The van der Waals surface area contributed by atoms with Gasteiger partial charge in [-0.2, -0.15) is 11.8 Å². The Morgan fingerprint density at radius 1 is 1.82 bits per heavy atom. The van der Waals surface area contributed by atoms with Gasteiger partial charge in [-0.3, -0.25) is 4.98 Å². The van der Waals surface area contributed by atoms with Crippen LogP contribution >= 0.6 is 23.1 Å². The maximum Gasteiger partial charge on any atom is 0.0794 e. The van der Waals surface area contributed by atoms with Gasteiger partial charge in [0, 0.05) is 22.9 Å². The van der Waals surface area contributed by atoms with Gasteiger partial charge >= 0.3 is 0 Å². The number of hydrogen-bond acceptors (Lipinski definition) is 4. The van der Waals surface area contributed by atoms with Crippen molar-refractivity contribution in [2.45, 2.75) is 12.5 Å². The predicted molar refractivity (Wildman–Crippen MR) is 52.2 cm³/mol. The predicted octanol–water partition coefficient (Wildman–Crippen LogP) is 1.38. The molecule has 0 fully saturated rings. The Kier molecular flexibility index (Phi) is 3.90. The molecule has 1 aromatic rings. The normalized spacial score (nSPS) is 13.3. The van der Waals surface area contributed by atoms with E-state index in [1.165, 1.54) is 4.88 Å². The van der Waals surface area contributed by atoms with E-state index in [4.69, 9.17) is 5.73 Å². The summed E-state index contributed by atoms with van der Waals surface area (Å²) in [7, 11) is 0. The fraction of sp³-hybridized carbons (Fsp3) is 0.571. The van der Waals surface area contributed by atoms with Gasteiger partial charge in [0.25, 0.3) is 0 Å². The molecule has 0 aliphatic heterocycles. The van der Waals surface area contributed by atoms with Crippen molar-refractivity contribution in [2.24, 2.45) is 5.73 Å². The van der Waals surface area contributed by atoms with E-state index in [-0.39, 0.29) is 6.04 Å². The molecular formula is C7H12N2S2. The molecule has 1 aromatic heterocycles. The van der Waals surface area contributed by atoms with Gasteiger partial charge in [-0.25, -0.2) is 0 Å². The number of rotatable bonds is 4. The monoisotopic (exact) mass is 188 g/mol. The molecule has 0 saturated heterocycles. The third kappa shape index (κ3) is 3.22. The summed E-state index contributed by atoms with van der Waals surface area (Å²) in [5.41, 5.74) is 7.68. The quantitative estimate of drug-likeness (QED) is 0.776. The first-order chi connectivity index (χ1) is 5.33. The van der Waals surface area contributed by atoms with Gasteiger partial charge in [-0.1, -0.05) is 0 Å². The Morgan fingerprint density at radius 3 is 3.18 bits per heavy atom. The van der Waals surface area contributed by atoms with E-state index < -0.39 is 0 Å². The summed E-state index contributed by atoms with van der Waals surface area (Å²) in [6.45, 7) is 0. The molecule has 1 rings (SSSR count). The Balaban J connectivity index is 2.31. The number of nitrogens with zero attached hydrogens (tertiary/aromatic N) is 1. The summed E-state index contributed by atoms with van der Waals surface area (Å²) in [6.07, 6.45) is 4.93. The average Bonchev–Trinajstić information content (AvgIpc) is 2.40. The fourth-order valence-corrected chi connectivity index (χ4v) is 2.11. The standard InChI is InChI=1S/C7H12N2S2/c1-10-4-6(8)2-7-3-9-5-11-7/h3,5-6H,2,4,8H2,1H3. The van der Waals surface area contributed by atoms with E-state index in [9.17, 15) is 0 Å². The van der Waals surface area contributed by atoms with E-state index in [1.54, 1.807) is 23.1 Å². The van der Waals surface area contributed by atoms with Gasteiger partial charge in [0.2, 0.25) is 0 Å². The van der Waals surface area contributed by atoms with Crippen LogP contribution in [0.2, 0.25) is 0 Å². The molecule has 2 N–H and O–H groups in total. The third-order valence-corrected chi connectivity index (χ3v) is 2.89. The summed E-state index contributed by atoms with van der Waals surface area (Å²) < 4.78 is 0. The van der Waals surface area contributed by atoms with Crippen LogP contribution in [0.5, 0.6) is 0 Å². The molecule has 1 unspecified atom stereocenters. The number of hydrogen-bond donors (Lipinski definition) is 1. The molecule has 1 heterocycles. The Morgan fingerprint density at radius 2 is 2.64 bits per heavy atom. The van der Waals surface area contributed by atoms with Crippen LogP contribution in [-0.4, -0.2) is 23.0 Å². The number of thiazole rings is 1. The fourth-order valence-electron chi connectivity index (χ4n) is 0.874. The van der Waals surface area contributed by atoms with Crippen LogP contribution in [0.15, 0.2) is 11.7 Å². The maximum atomic E-state index is 5.83. The highest BCUT2D eigenvalue weighted by Crippen LogP contribution is 2.09. The largest absolute Gasteiger partial charge is 0.327 e. The van der Waals surface area contributed by atoms with E-state index >= 15 is 0 Å². The summed E-state index contributed by atoms with van der Waals surface area (Å²) in [5.74, 6) is 1.03. The van der Waals surface area contributed by atoms with Crippen molar-refractivity contribution in [1.82, 2.24) is 4.98 Å². The molecule has 0 saturated carbocycles. The van der Waals surface area contributed by atoms with Crippen molar-refractivity contribution < 1.29 is 0 Å². The SMILES string of the molecule is CSCC(N)Cc1cncs1. The van der Waals surface area contributed by atoms with E-state index in [0.717, 1.165) is 12.2 Å². The first-order valence-corrected chi connectivity index (χ1v) is 5.72. The van der Waals surface area contributed by atoms with Crippen molar-refractivity contribution >= 4 is 23.1 Å². The minimum Gasteiger partial charge on any atom is -0.327 e. The molecule has 0 radical (unpaired) electrons. The van der Waals surface area contributed by atoms with Crippen molar-refractivity contribution in [1.29, 1.82) is 0 Å². The highest BCUT2D eigenvalue weighted by Gasteiger charge is 2.03. The van der Waals surface area contributed by atoms with E-state index in [2.05, 4.69) is 11.2 Å². The lowest BCUT2D eigenvalue weighted by molar-refractivity contribution is 0.757. The summed E-state index contributed by atoms with van der Waals surface area (Å²) >= 11 is 3.47. The second kappa shape index (κ2) is 4.74. The summed E-state index contributed by atoms with van der Waals surface area (Å²) in [5, 5.41) is 0. The van der Waals surface area contributed by atoms with Gasteiger partial charge in [0.1, 0.15) is 0 Å². The second-order valence-corrected chi connectivity index (χ2v) is 4.27. The Hall–Kier alpha value is -0.0600. The van der Waals surface area contributed by atoms with Gasteiger partial charge in [0.05, 0.1) is 5.51 Å². The van der Waals surface area contributed by atoms with Crippen LogP contribution < -0.4 is 5.73 Å². The third-order valence-electron chi connectivity index (χ3n) is 1.33. The van der Waals surface area contributed by atoms with Crippen LogP contribution in [0.4, 0.5) is 0 Å². The summed E-state index contributed by atoms with van der Waals surface area (Å²) in [6, 6.07) is 0.283. The molecular weight excluding hydrogens is 176 g/mol. The van der Waals surface area contributed by atoms with E-state index in [1.807, 2.05) is 11.7 Å². The first kappa shape index (κ1) is 9.03. The average molecular weight is 188 g/mol. The lowest BCUT2D eigenvalue weighted by Gasteiger charge is -2.06. The first-order valence-electron chi connectivity index (χ1n) is 3.45. The molecule has 0 aliphatic carbocycles. The van der Waals surface area contributed by atoms with E-state index in [0.29, 0.717) is 0 Å². The lowest BCUT2D eigenvalue weighted by Crippen LogP contribution is -2.24. The molecule has 2 nitrogen and oxygen atoms in total. The zero-order valence-corrected chi connectivity index (χ0v) is 8.12. The van der Waals surface area contributed by atoms with Crippen LogP contribution in [0.3, 0.4) is 0 Å². The zero-order valence-electron chi connectivity index (χ0n) is 6.49. The second-order valence-electron chi connectivity index (χ2n) is 2.39. The van der Waals surface area contributed by atoms with Crippen LogP contribution in [0.1, 0.15) is 4.88 Å². The Labute approximate surface area is 75.2 Å². The van der Waals surface area contributed by atoms with Crippen LogP contribution in [-0.2, 0) is 6.42 Å². The summed E-state index contributed by atoms with van der Waals surface area (Å²) in [4.78, 5) is 5.28. The number of nitrogens with two attached hydrogens (primary N) is 1. The molecule has 0 bridgehead atoms. The molecule has 1 atom stereocenters. The molecule has 0 amide bonds. The van der Waals surface area contributed by atoms with Crippen LogP contribution in [0.25, 0.3) is 0 Å². The van der Waals surface area contributed by atoms with Crippen LogP contribution in [0, 0.1) is 0 Å². The van der Waals surface area contributed by atoms with Gasteiger partial charge in [0.15, 0.2) is 0 Å². The van der Waals surface area contributed by atoms with Gasteiger partial charge < -0.3 is 5.73 Å². The molecule has 0 aromatic carbocycles. The smallest absolute Gasteiger partial charge is 0.0794 e. The highest BCUT2D eigenvalue weighted by atomic mass is 32.2. The Bertz CT molecular complexity index is 186. The molecule has 4 heteroatoms. The van der Waals surface area contributed by atoms with Gasteiger partial charge in [-0.15, -0.1) is 11.3 Å². The van der Waals surface area contributed by atoms with Crippen molar-refractivity contribution in [3.05, 3.63) is 16.6 Å². The molecule has 62 valence electrons. The number of aromatic nitrogens is 1. The molecule has 0 aliphatic rings. The number of thioether (sulfide) groups is 1.